The lowest BCUT2D eigenvalue weighted by Crippen LogP contribution is -2.24. The molecule has 2 aromatic rings. The van der Waals surface area contributed by atoms with Gasteiger partial charge in [0.25, 0.3) is 0 Å². The average Bonchev–Trinajstić information content (AvgIpc) is 2.52. The Balaban J connectivity index is 2.29. The number of nitrogens with one attached hydrogen (secondary N) is 1. The van der Waals surface area contributed by atoms with E-state index < -0.39 is 10.0 Å². The SMILES string of the molecule is COc1ccc(C(C)C)cc1S(=O)(=O)NCc1cccc(C)c1. The predicted octanol–water partition coefficient (Wildman–Crippen LogP) is 3.61. The second-order valence-electron chi connectivity index (χ2n) is 5.88. The molecule has 0 bridgehead atoms. The van der Waals surface area contributed by atoms with Crippen molar-refractivity contribution in [2.24, 2.45) is 0 Å². The third kappa shape index (κ3) is 4.33. The summed E-state index contributed by atoms with van der Waals surface area (Å²) in [4.78, 5) is 0.179. The lowest BCUT2D eigenvalue weighted by atomic mass is 10.0. The molecule has 0 saturated heterocycles. The van der Waals surface area contributed by atoms with Crippen molar-refractivity contribution in [2.75, 3.05) is 7.11 Å². The molecule has 0 heterocycles. The third-order valence-corrected chi connectivity index (χ3v) is 5.12. The number of benzene rings is 2. The van der Waals surface area contributed by atoms with Crippen molar-refractivity contribution >= 4 is 10.0 Å². The van der Waals surface area contributed by atoms with E-state index in [-0.39, 0.29) is 17.4 Å². The van der Waals surface area contributed by atoms with E-state index in [9.17, 15) is 8.42 Å². The molecule has 0 fully saturated rings. The maximum atomic E-state index is 12.7. The summed E-state index contributed by atoms with van der Waals surface area (Å²) >= 11 is 0. The highest BCUT2D eigenvalue weighted by Crippen LogP contribution is 2.28. The van der Waals surface area contributed by atoms with Crippen molar-refractivity contribution in [3.63, 3.8) is 0 Å². The quantitative estimate of drug-likeness (QED) is 0.878. The molecule has 23 heavy (non-hydrogen) atoms. The summed E-state index contributed by atoms with van der Waals surface area (Å²) in [7, 11) is -2.17. The van der Waals surface area contributed by atoms with Gasteiger partial charge in [0.1, 0.15) is 10.6 Å². The lowest BCUT2D eigenvalue weighted by Gasteiger charge is -2.14. The zero-order valence-corrected chi connectivity index (χ0v) is 14.8. The van der Waals surface area contributed by atoms with Gasteiger partial charge >= 0.3 is 0 Å². The van der Waals surface area contributed by atoms with Gasteiger partial charge in [0.15, 0.2) is 0 Å². The standard InChI is InChI=1S/C18H23NO3S/c1-13(2)16-8-9-17(22-4)18(11-16)23(20,21)19-12-15-7-5-6-14(3)10-15/h5-11,13,19H,12H2,1-4H3. The molecule has 0 aromatic heterocycles. The van der Waals surface area contributed by atoms with Crippen LogP contribution in [0.2, 0.25) is 0 Å². The van der Waals surface area contributed by atoms with Gasteiger partial charge in [-0.1, -0.05) is 49.7 Å². The molecule has 124 valence electrons. The van der Waals surface area contributed by atoms with Crippen molar-refractivity contribution < 1.29 is 13.2 Å². The van der Waals surface area contributed by atoms with Crippen molar-refractivity contribution in [2.45, 2.75) is 38.1 Å². The first-order valence-corrected chi connectivity index (χ1v) is 9.05. The number of methoxy groups -OCH3 is 1. The van der Waals surface area contributed by atoms with Crippen LogP contribution in [-0.2, 0) is 16.6 Å². The van der Waals surface area contributed by atoms with Crippen LogP contribution < -0.4 is 9.46 Å². The van der Waals surface area contributed by atoms with E-state index in [2.05, 4.69) is 4.72 Å². The van der Waals surface area contributed by atoms with E-state index in [1.165, 1.54) is 7.11 Å². The van der Waals surface area contributed by atoms with Crippen LogP contribution in [0, 0.1) is 6.92 Å². The minimum absolute atomic E-state index is 0.179. The second kappa shape index (κ2) is 7.15. The second-order valence-corrected chi connectivity index (χ2v) is 7.61. The molecule has 0 spiro atoms. The Morgan fingerprint density at radius 2 is 1.87 bits per heavy atom. The molecule has 1 N–H and O–H groups in total. The van der Waals surface area contributed by atoms with Gasteiger partial charge in [0, 0.05) is 6.54 Å². The largest absolute Gasteiger partial charge is 0.495 e. The zero-order valence-electron chi connectivity index (χ0n) is 14.0. The third-order valence-electron chi connectivity index (χ3n) is 3.69. The van der Waals surface area contributed by atoms with Crippen molar-refractivity contribution in [3.05, 3.63) is 59.2 Å². The summed E-state index contributed by atoms with van der Waals surface area (Å²) in [6, 6.07) is 13.0. The molecular weight excluding hydrogens is 310 g/mol. The molecule has 0 aliphatic carbocycles. The fraction of sp³-hybridized carbons (Fsp3) is 0.333. The molecule has 0 atom stereocenters. The highest BCUT2D eigenvalue weighted by molar-refractivity contribution is 7.89. The summed E-state index contributed by atoms with van der Waals surface area (Å²) in [5, 5.41) is 0. The maximum absolute atomic E-state index is 12.7. The summed E-state index contributed by atoms with van der Waals surface area (Å²) in [6.45, 7) is 6.28. The molecule has 0 saturated carbocycles. The first-order valence-electron chi connectivity index (χ1n) is 7.56. The minimum atomic E-state index is -3.65. The van der Waals surface area contributed by atoms with E-state index in [4.69, 9.17) is 4.74 Å². The Labute approximate surface area is 138 Å². The summed E-state index contributed by atoms with van der Waals surface area (Å²) in [6.07, 6.45) is 0. The molecule has 0 radical (unpaired) electrons. The van der Waals surface area contributed by atoms with Crippen LogP contribution in [0.25, 0.3) is 0 Å². The van der Waals surface area contributed by atoms with Gasteiger partial charge in [0.2, 0.25) is 10.0 Å². The first kappa shape index (κ1) is 17.5. The molecule has 5 heteroatoms. The minimum Gasteiger partial charge on any atom is -0.495 e. The molecule has 0 aliphatic rings. The normalized spacial score (nSPS) is 11.7. The van der Waals surface area contributed by atoms with Crippen LogP contribution in [-0.4, -0.2) is 15.5 Å². The number of hydrogen-bond donors (Lipinski definition) is 1. The molecule has 2 rings (SSSR count). The molecule has 4 nitrogen and oxygen atoms in total. The Bertz CT molecular complexity index is 783. The molecule has 2 aromatic carbocycles. The van der Waals surface area contributed by atoms with Gasteiger partial charge in [-0.25, -0.2) is 13.1 Å². The number of ether oxygens (including phenoxy) is 1. The van der Waals surface area contributed by atoms with E-state index in [1.807, 2.05) is 51.1 Å². The van der Waals surface area contributed by atoms with E-state index in [1.54, 1.807) is 12.1 Å². The molecule has 0 unspecified atom stereocenters. The number of aryl methyl sites for hydroxylation is 1. The smallest absolute Gasteiger partial charge is 0.244 e. The number of hydrogen-bond acceptors (Lipinski definition) is 3. The molecular formula is C18H23NO3S. The fourth-order valence-corrected chi connectivity index (χ4v) is 3.56. The van der Waals surface area contributed by atoms with Gasteiger partial charge in [-0.05, 0) is 36.1 Å². The fourth-order valence-electron chi connectivity index (χ4n) is 2.34. The van der Waals surface area contributed by atoms with Crippen LogP contribution in [0.1, 0.15) is 36.5 Å². The van der Waals surface area contributed by atoms with Crippen LogP contribution in [0.4, 0.5) is 0 Å². The van der Waals surface area contributed by atoms with Gasteiger partial charge in [-0.3, -0.25) is 0 Å². The maximum Gasteiger partial charge on any atom is 0.244 e. The topological polar surface area (TPSA) is 55.4 Å². The summed E-state index contributed by atoms with van der Waals surface area (Å²) in [5.74, 6) is 0.595. The van der Waals surface area contributed by atoms with Gasteiger partial charge in [0.05, 0.1) is 7.11 Å². The Morgan fingerprint density at radius 3 is 2.48 bits per heavy atom. The van der Waals surface area contributed by atoms with E-state index in [0.717, 1.165) is 16.7 Å². The Hall–Kier alpha value is -1.85. The average molecular weight is 333 g/mol. The summed E-state index contributed by atoms with van der Waals surface area (Å²) < 4.78 is 33.2. The summed E-state index contributed by atoms with van der Waals surface area (Å²) in [5.41, 5.74) is 2.98. The Morgan fingerprint density at radius 1 is 1.13 bits per heavy atom. The highest BCUT2D eigenvalue weighted by Gasteiger charge is 2.20. The number of rotatable bonds is 6. The van der Waals surface area contributed by atoms with Crippen LogP contribution in [0.3, 0.4) is 0 Å². The highest BCUT2D eigenvalue weighted by atomic mass is 32.2. The predicted molar refractivity (Wildman–Crippen MR) is 92.3 cm³/mol. The van der Waals surface area contributed by atoms with E-state index >= 15 is 0 Å². The molecule has 0 aliphatic heterocycles. The monoisotopic (exact) mass is 333 g/mol. The van der Waals surface area contributed by atoms with Crippen molar-refractivity contribution in [1.29, 1.82) is 0 Å². The van der Waals surface area contributed by atoms with Crippen LogP contribution in [0.15, 0.2) is 47.4 Å². The zero-order chi connectivity index (χ0) is 17.0. The number of sulfonamides is 1. The van der Waals surface area contributed by atoms with Gasteiger partial charge < -0.3 is 4.74 Å². The lowest BCUT2D eigenvalue weighted by molar-refractivity contribution is 0.402. The van der Waals surface area contributed by atoms with E-state index in [0.29, 0.717) is 5.75 Å². The molecule has 0 amide bonds. The van der Waals surface area contributed by atoms with Crippen LogP contribution >= 0.6 is 0 Å². The first-order chi connectivity index (χ1) is 10.8. The Kier molecular flexibility index (Phi) is 5.44. The van der Waals surface area contributed by atoms with Gasteiger partial charge in [-0.15, -0.1) is 0 Å². The van der Waals surface area contributed by atoms with Crippen molar-refractivity contribution in [3.8, 4) is 5.75 Å². The van der Waals surface area contributed by atoms with Crippen molar-refractivity contribution in [1.82, 2.24) is 4.72 Å². The van der Waals surface area contributed by atoms with Crippen LogP contribution in [0.5, 0.6) is 5.75 Å². The van der Waals surface area contributed by atoms with Gasteiger partial charge in [-0.2, -0.15) is 0 Å².